The van der Waals surface area contributed by atoms with Gasteiger partial charge in [-0.1, -0.05) is 0 Å². The van der Waals surface area contributed by atoms with E-state index in [1.165, 1.54) is 0 Å². The minimum Gasteiger partial charge on any atom is -0.465 e. The zero-order chi connectivity index (χ0) is 12.1. The SMILES string of the molecule is C#CC(=O)c1ccc(OC2CCCCO2)cc1. The normalized spacial score (nSPS) is 19.4. The number of ether oxygens (including phenoxy) is 2. The fraction of sp³-hybridized carbons (Fsp3) is 0.357. The second-order valence-electron chi connectivity index (χ2n) is 3.91. The van der Waals surface area contributed by atoms with Gasteiger partial charge in [-0.25, -0.2) is 0 Å². The van der Waals surface area contributed by atoms with Gasteiger partial charge < -0.3 is 9.47 Å². The number of rotatable bonds is 3. The van der Waals surface area contributed by atoms with Crippen LogP contribution in [-0.2, 0) is 4.74 Å². The predicted molar refractivity (Wildman–Crippen MR) is 63.8 cm³/mol. The Kier molecular flexibility index (Phi) is 3.79. The molecule has 0 aliphatic carbocycles. The predicted octanol–water partition coefficient (Wildman–Crippen LogP) is 2.41. The van der Waals surface area contributed by atoms with Crippen molar-refractivity contribution in [3.05, 3.63) is 29.8 Å². The molecule has 1 aliphatic rings. The standard InChI is InChI=1S/C14H14O3/c1-2-13(15)11-6-8-12(9-7-11)17-14-5-3-4-10-16-14/h1,6-9,14H,3-5,10H2. The highest BCUT2D eigenvalue weighted by atomic mass is 16.7. The Morgan fingerprint density at radius 2 is 2.12 bits per heavy atom. The fourth-order valence-electron chi connectivity index (χ4n) is 1.72. The van der Waals surface area contributed by atoms with Gasteiger partial charge in [0.2, 0.25) is 5.78 Å². The van der Waals surface area contributed by atoms with E-state index < -0.39 is 0 Å². The molecule has 1 aromatic rings. The fourth-order valence-corrected chi connectivity index (χ4v) is 1.72. The smallest absolute Gasteiger partial charge is 0.235 e. The van der Waals surface area contributed by atoms with Gasteiger partial charge in [-0.15, -0.1) is 6.42 Å². The number of Topliss-reactive ketones (excluding diaryl/α,β-unsaturated/α-hetero) is 1. The first-order valence-electron chi connectivity index (χ1n) is 5.69. The summed E-state index contributed by atoms with van der Waals surface area (Å²) in [5, 5.41) is 0. The lowest BCUT2D eigenvalue weighted by atomic mass is 10.1. The summed E-state index contributed by atoms with van der Waals surface area (Å²) in [4.78, 5) is 11.2. The van der Waals surface area contributed by atoms with E-state index in [4.69, 9.17) is 15.9 Å². The average molecular weight is 230 g/mol. The van der Waals surface area contributed by atoms with Crippen LogP contribution in [0.4, 0.5) is 0 Å². The number of benzene rings is 1. The van der Waals surface area contributed by atoms with Crippen LogP contribution in [0.15, 0.2) is 24.3 Å². The van der Waals surface area contributed by atoms with Crippen molar-refractivity contribution < 1.29 is 14.3 Å². The number of terminal acetylenes is 1. The molecule has 2 rings (SSSR count). The third kappa shape index (κ3) is 3.08. The maximum atomic E-state index is 11.2. The van der Waals surface area contributed by atoms with Gasteiger partial charge in [-0.3, -0.25) is 4.79 Å². The highest BCUT2D eigenvalue weighted by Crippen LogP contribution is 2.19. The Morgan fingerprint density at radius 3 is 2.71 bits per heavy atom. The van der Waals surface area contributed by atoms with Crippen molar-refractivity contribution in [2.24, 2.45) is 0 Å². The molecule has 0 saturated carbocycles. The molecular formula is C14H14O3. The molecule has 1 aromatic carbocycles. The van der Waals surface area contributed by atoms with Crippen LogP contribution in [0.3, 0.4) is 0 Å². The van der Waals surface area contributed by atoms with Crippen molar-refractivity contribution in [3.63, 3.8) is 0 Å². The van der Waals surface area contributed by atoms with E-state index >= 15 is 0 Å². The van der Waals surface area contributed by atoms with Crippen LogP contribution in [0.5, 0.6) is 5.75 Å². The van der Waals surface area contributed by atoms with Gasteiger partial charge in [-0.2, -0.15) is 0 Å². The van der Waals surface area contributed by atoms with E-state index in [1.54, 1.807) is 24.3 Å². The number of hydrogen-bond acceptors (Lipinski definition) is 3. The lowest BCUT2D eigenvalue weighted by Crippen LogP contribution is -2.24. The molecule has 1 atom stereocenters. The highest BCUT2D eigenvalue weighted by molar-refractivity contribution is 6.08. The van der Waals surface area contributed by atoms with E-state index in [1.807, 2.05) is 0 Å². The van der Waals surface area contributed by atoms with Crippen LogP contribution in [0.2, 0.25) is 0 Å². The van der Waals surface area contributed by atoms with Crippen LogP contribution in [0, 0.1) is 12.3 Å². The summed E-state index contributed by atoms with van der Waals surface area (Å²) in [5.41, 5.74) is 0.504. The molecule has 1 saturated heterocycles. The quantitative estimate of drug-likeness (QED) is 0.454. The van der Waals surface area contributed by atoms with Crippen LogP contribution >= 0.6 is 0 Å². The van der Waals surface area contributed by atoms with Crippen molar-refractivity contribution in [2.45, 2.75) is 25.6 Å². The lowest BCUT2D eigenvalue weighted by Gasteiger charge is -2.23. The van der Waals surface area contributed by atoms with E-state index in [2.05, 4.69) is 5.92 Å². The first-order chi connectivity index (χ1) is 8.29. The van der Waals surface area contributed by atoms with Crippen LogP contribution in [-0.4, -0.2) is 18.7 Å². The third-order valence-electron chi connectivity index (χ3n) is 2.65. The minimum atomic E-state index is -0.314. The molecule has 1 aliphatic heterocycles. The average Bonchev–Trinajstić information content (AvgIpc) is 2.40. The topological polar surface area (TPSA) is 35.5 Å². The van der Waals surface area contributed by atoms with Crippen LogP contribution in [0.25, 0.3) is 0 Å². The molecule has 0 amide bonds. The maximum Gasteiger partial charge on any atom is 0.235 e. The van der Waals surface area contributed by atoms with Crippen LogP contribution in [0.1, 0.15) is 29.6 Å². The maximum absolute atomic E-state index is 11.2. The zero-order valence-corrected chi connectivity index (χ0v) is 9.52. The summed E-state index contributed by atoms with van der Waals surface area (Å²) in [6, 6.07) is 6.81. The molecule has 0 spiro atoms. The molecule has 0 N–H and O–H groups in total. The summed E-state index contributed by atoms with van der Waals surface area (Å²) in [6.07, 6.45) is 8.00. The molecule has 3 nitrogen and oxygen atoms in total. The summed E-state index contributed by atoms with van der Waals surface area (Å²) in [6.45, 7) is 0.748. The van der Waals surface area contributed by atoms with Crippen LogP contribution < -0.4 is 4.74 Å². The summed E-state index contributed by atoms with van der Waals surface area (Å²) >= 11 is 0. The van der Waals surface area contributed by atoms with Crippen molar-refractivity contribution in [2.75, 3.05) is 6.61 Å². The lowest BCUT2D eigenvalue weighted by molar-refractivity contribution is -0.105. The molecule has 3 heteroatoms. The Morgan fingerprint density at radius 1 is 1.35 bits per heavy atom. The molecule has 1 unspecified atom stereocenters. The largest absolute Gasteiger partial charge is 0.465 e. The Labute approximate surface area is 101 Å². The first-order valence-corrected chi connectivity index (χ1v) is 5.69. The van der Waals surface area contributed by atoms with Crippen molar-refractivity contribution in [3.8, 4) is 18.1 Å². The molecule has 0 aromatic heterocycles. The van der Waals surface area contributed by atoms with Gasteiger partial charge in [0.15, 0.2) is 6.29 Å². The van der Waals surface area contributed by atoms with E-state index in [9.17, 15) is 4.79 Å². The molecule has 88 valence electrons. The van der Waals surface area contributed by atoms with Gasteiger partial charge in [0.1, 0.15) is 5.75 Å². The van der Waals surface area contributed by atoms with Crippen molar-refractivity contribution in [1.82, 2.24) is 0 Å². The molecule has 1 fully saturated rings. The highest BCUT2D eigenvalue weighted by Gasteiger charge is 2.15. The van der Waals surface area contributed by atoms with Gasteiger partial charge in [-0.05, 0) is 43.0 Å². The van der Waals surface area contributed by atoms with Crippen molar-refractivity contribution in [1.29, 1.82) is 0 Å². The van der Waals surface area contributed by atoms with Crippen molar-refractivity contribution >= 4 is 5.78 Å². The zero-order valence-electron chi connectivity index (χ0n) is 9.52. The van der Waals surface area contributed by atoms with E-state index in [0.717, 1.165) is 25.9 Å². The third-order valence-corrected chi connectivity index (χ3v) is 2.65. The molecule has 0 bridgehead atoms. The van der Waals surface area contributed by atoms with Gasteiger partial charge in [0.25, 0.3) is 0 Å². The molecule has 0 radical (unpaired) electrons. The first kappa shape index (κ1) is 11.7. The van der Waals surface area contributed by atoms with Gasteiger partial charge >= 0.3 is 0 Å². The monoisotopic (exact) mass is 230 g/mol. The van der Waals surface area contributed by atoms with Gasteiger partial charge in [0, 0.05) is 12.0 Å². The van der Waals surface area contributed by atoms with Gasteiger partial charge in [0.05, 0.1) is 6.61 Å². The molecule has 17 heavy (non-hydrogen) atoms. The summed E-state index contributed by atoms with van der Waals surface area (Å²) in [5.74, 6) is 2.46. The number of ketones is 1. The Balaban J connectivity index is 1.98. The Hall–Kier alpha value is -1.79. The minimum absolute atomic E-state index is 0.169. The van der Waals surface area contributed by atoms with E-state index in [-0.39, 0.29) is 12.1 Å². The van der Waals surface area contributed by atoms with E-state index in [0.29, 0.717) is 11.3 Å². The Bertz CT molecular complexity index is 422. The number of hydrogen-bond donors (Lipinski definition) is 0. The summed E-state index contributed by atoms with van der Waals surface area (Å²) in [7, 11) is 0. The molecule has 1 heterocycles. The number of carbonyl (C=O) groups excluding carboxylic acids is 1. The number of carbonyl (C=O) groups is 1. The summed E-state index contributed by atoms with van der Waals surface area (Å²) < 4.78 is 11.1. The second-order valence-corrected chi connectivity index (χ2v) is 3.91. The molecular weight excluding hydrogens is 216 g/mol. The second kappa shape index (κ2) is 5.51.